The first-order chi connectivity index (χ1) is 12.1. The first-order valence-corrected chi connectivity index (χ1v) is 10.1. The lowest BCUT2D eigenvalue weighted by Gasteiger charge is -2.04. The van der Waals surface area contributed by atoms with Crippen molar-refractivity contribution < 1.29 is 14.8 Å². The number of carboxylic acids is 1. The summed E-state index contributed by atoms with van der Waals surface area (Å²) in [6, 6.07) is -1.44. The molecule has 0 rings (SSSR count). The number of rotatable bonds is 18. The number of allylic oxidation sites excluding steroid dienone is 2. The molecule has 5 nitrogen and oxygen atoms in total. The topological polar surface area (TPSA) is 80.4 Å². The van der Waals surface area contributed by atoms with E-state index < -0.39 is 16.9 Å². The fourth-order valence-corrected chi connectivity index (χ4v) is 2.90. The van der Waals surface area contributed by atoms with Crippen molar-refractivity contribution in [3.05, 3.63) is 22.3 Å². The molecule has 0 fully saturated rings. The summed E-state index contributed by atoms with van der Waals surface area (Å²) in [5.74, 6) is -1.33. The Hall–Kier alpha value is -1.39. The molecular formula is C20H37NO4. The fourth-order valence-electron chi connectivity index (χ4n) is 2.90. The smallest absolute Gasteiger partial charge is 0.379 e. The van der Waals surface area contributed by atoms with Gasteiger partial charge in [-0.15, -0.1) is 0 Å². The van der Waals surface area contributed by atoms with E-state index in [0.717, 1.165) is 32.1 Å². The Balaban J connectivity index is 3.33. The molecule has 1 atom stereocenters. The van der Waals surface area contributed by atoms with Gasteiger partial charge in [-0.05, 0) is 32.1 Å². The predicted octanol–water partition coefficient (Wildman–Crippen LogP) is 6.14. The maximum absolute atomic E-state index is 10.7. The summed E-state index contributed by atoms with van der Waals surface area (Å²) in [4.78, 5) is 20.5. The summed E-state index contributed by atoms with van der Waals surface area (Å²) in [6.07, 6.45) is 21.2. The Labute approximate surface area is 153 Å². The van der Waals surface area contributed by atoms with Crippen LogP contribution >= 0.6 is 0 Å². The summed E-state index contributed by atoms with van der Waals surface area (Å²) in [5.41, 5.74) is 0. The van der Waals surface area contributed by atoms with Crippen molar-refractivity contribution in [2.24, 2.45) is 0 Å². The van der Waals surface area contributed by atoms with Crippen LogP contribution in [0.5, 0.6) is 0 Å². The normalized spacial score (nSPS) is 12.5. The number of aliphatic carboxylic acids is 1. The lowest BCUT2D eigenvalue weighted by atomic mass is 10.1. The predicted molar refractivity (Wildman–Crippen MR) is 102 cm³/mol. The van der Waals surface area contributed by atoms with Crippen LogP contribution in [0.3, 0.4) is 0 Å². The average Bonchev–Trinajstić information content (AvgIpc) is 2.57. The molecule has 0 aliphatic rings. The summed E-state index contributed by atoms with van der Waals surface area (Å²) >= 11 is 0. The molecule has 0 aromatic rings. The number of carboxylic acid groups (broad SMARTS) is 1. The van der Waals surface area contributed by atoms with Gasteiger partial charge in [-0.2, -0.15) is 0 Å². The van der Waals surface area contributed by atoms with Gasteiger partial charge in [0.25, 0.3) is 0 Å². The van der Waals surface area contributed by atoms with E-state index in [2.05, 4.69) is 19.1 Å². The van der Waals surface area contributed by atoms with Gasteiger partial charge in [-0.3, -0.25) is 10.1 Å². The van der Waals surface area contributed by atoms with E-state index >= 15 is 0 Å². The molecule has 0 aromatic heterocycles. The molecule has 0 amide bonds. The van der Waals surface area contributed by atoms with Crippen molar-refractivity contribution in [2.75, 3.05) is 0 Å². The van der Waals surface area contributed by atoms with Gasteiger partial charge in [-0.25, -0.2) is 4.79 Å². The number of nitrogens with zero attached hydrogens (tertiary/aromatic N) is 1. The van der Waals surface area contributed by atoms with Crippen molar-refractivity contribution in [3.63, 3.8) is 0 Å². The zero-order valence-corrected chi connectivity index (χ0v) is 16.0. The second-order valence-corrected chi connectivity index (χ2v) is 6.87. The minimum absolute atomic E-state index is 0.136. The molecule has 0 saturated heterocycles. The first-order valence-electron chi connectivity index (χ1n) is 10.1. The van der Waals surface area contributed by atoms with Crippen molar-refractivity contribution in [1.29, 1.82) is 0 Å². The molecule has 5 heteroatoms. The molecule has 0 radical (unpaired) electrons. The molecule has 1 N–H and O–H groups in total. The third-order valence-electron chi connectivity index (χ3n) is 4.53. The van der Waals surface area contributed by atoms with Crippen LogP contribution in [0.4, 0.5) is 0 Å². The highest BCUT2D eigenvalue weighted by Crippen LogP contribution is 2.11. The molecule has 0 heterocycles. The Morgan fingerprint density at radius 2 is 1.32 bits per heavy atom. The van der Waals surface area contributed by atoms with E-state index in [9.17, 15) is 14.9 Å². The second-order valence-electron chi connectivity index (χ2n) is 6.87. The van der Waals surface area contributed by atoms with Gasteiger partial charge in [0.2, 0.25) is 0 Å². The molecule has 0 aliphatic heterocycles. The monoisotopic (exact) mass is 355 g/mol. The van der Waals surface area contributed by atoms with Crippen LogP contribution in [0.15, 0.2) is 12.2 Å². The average molecular weight is 356 g/mol. The fraction of sp³-hybridized carbons (Fsp3) is 0.850. The van der Waals surface area contributed by atoms with Crippen LogP contribution in [0.1, 0.15) is 103 Å². The summed E-state index contributed by atoms with van der Waals surface area (Å²) in [6.45, 7) is 2.25. The lowest BCUT2D eigenvalue weighted by molar-refractivity contribution is -0.511. The van der Waals surface area contributed by atoms with Gasteiger partial charge >= 0.3 is 12.0 Å². The van der Waals surface area contributed by atoms with E-state index in [0.29, 0.717) is 6.42 Å². The molecule has 1 unspecified atom stereocenters. The van der Waals surface area contributed by atoms with Crippen molar-refractivity contribution in [3.8, 4) is 0 Å². The minimum Gasteiger partial charge on any atom is -0.476 e. The quantitative estimate of drug-likeness (QED) is 0.138. The van der Waals surface area contributed by atoms with Crippen LogP contribution in [-0.4, -0.2) is 22.0 Å². The summed E-state index contributed by atoms with van der Waals surface area (Å²) in [7, 11) is 0. The molecule has 146 valence electrons. The van der Waals surface area contributed by atoms with E-state index in [-0.39, 0.29) is 6.42 Å². The zero-order chi connectivity index (χ0) is 18.8. The van der Waals surface area contributed by atoms with Gasteiger partial charge in [-0.1, -0.05) is 76.9 Å². The molecule has 0 bridgehead atoms. The third kappa shape index (κ3) is 15.9. The zero-order valence-electron chi connectivity index (χ0n) is 16.0. The van der Waals surface area contributed by atoms with Crippen LogP contribution in [0.25, 0.3) is 0 Å². The maximum atomic E-state index is 10.7. The van der Waals surface area contributed by atoms with Crippen LogP contribution in [0.2, 0.25) is 0 Å². The van der Waals surface area contributed by atoms with Gasteiger partial charge < -0.3 is 5.11 Å². The number of unbranched alkanes of at least 4 members (excludes halogenated alkanes) is 12. The minimum atomic E-state index is -1.44. The SMILES string of the molecule is CCCCCCCCCC/C=C\CCCCCCC(C(=O)O)[N+](=O)[O-]. The molecule has 25 heavy (non-hydrogen) atoms. The molecule has 0 aliphatic carbocycles. The van der Waals surface area contributed by atoms with Crippen molar-refractivity contribution in [1.82, 2.24) is 0 Å². The van der Waals surface area contributed by atoms with Crippen LogP contribution < -0.4 is 0 Å². The van der Waals surface area contributed by atoms with Crippen LogP contribution in [-0.2, 0) is 4.79 Å². The Bertz CT molecular complexity index is 355. The second kappa shape index (κ2) is 17.4. The summed E-state index contributed by atoms with van der Waals surface area (Å²) < 4.78 is 0. The Morgan fingerprint density at radius 3 is 1.76 bits per heavy atom. The lowest BCUT2D eigenvalue weighted by Crippen LogP contribution is -2.28. The Morgan fingerprint density at radius 1 is 0.880 bits per heavy atom. The van der Waals surface area contributed by atoms with Crippen molar-refractivity contribution in [2.45, 2.75) is 109 Å². The van der Waals surface area contributed by atoms with E-state index in [4.69, 9.17) is 5.11 Å². The van der Waals surface area contributed by atoms with E-state index in [1.54, 1.807) is 0 Å². The van der Waals surface area contributed by atoms with Gasteiger partial charge in [0.1, 0.15) is 0 Å². The standard InChI is InChI=1S/C20H37NO4/c1-2-3-4-5-6-7-8-9-10-11-12-13-14-15-16-17-18-19(20(22)23)21(24)25/h11-12,19H,2-10,13-18H2,1H3,(H,22,23)/b12-11-. The van der Waals surface area contributed by atoms with Gasteiger partial charge in [0, 0.05) is 11.3 Å². The van der Waals surface area contributed by atoms with Gasteiger partial charge in [0.05, 0.1) is 0 Å². The summed E-state index contributed by atoms with van der Waals surface area (Å²) in [5, 5.41) is 19.3. The number of nitro groups is 1. The van der Waals surface area contributed by atoms with E-state index in [1.807, 2.05) is 0 Å². The van der Waals surface area contributed by atoms with E-state index in [1.165, 1.54) is 51.4 Å². The maximum Gasteiger partial charge on any atom is 0.379 e. The molecule has 0 saturated carbocycles. The first kappa shape index (κ1) is 23.6. The largest absolute Gasteiger partial charge is 0.476 e. The highest BCUT2D eigenvalue weighted by Gasteiger charge is 2.27. The highest BCUT2D eigenvalue weighted by atomic mass is 16.6. The highest BCUT2D eigenvalue weighted by molar-refractivity contribution is 5.71. The third-order valence-corrected chi connectivity index (χ3v) is 4.53. The van der Waals surface area contributed by atoms with Crippen LogP contribution in [0, 0.1) is 10.1 Å². The van der Waals surface area contributed by atoms with Crippen molar-refractivity contribution >= 4 is 5.97 Å². The Kier molecular flexibility index (Phi) is 16.5. The molecule has 0 spiro atoms. The molecule has 0 aromatic carbocycles. The van der Waals surface area contributed by atoms with Gasteiger partial charge in [0.15, 0.2) is 0 Å². The number of carbonyl (C=O) groups is 1. The number of hydrogen-bond donors (Lipinski definition) is 1. The molecular weight excluding hydrogens is 318 g/mol. The number of hydrogen-bond acceptors (Lipinski definition) is 3.